The Morgan fingerprint density at radius 2 is 2.12 bits per heavy atom. The maximum absolute atomic E-state index is 5.57. The molecule has 1 heterocycles. The van der Waals surface area contributed by atoms with Crippen molar-refractivity contribution in [3.05, 3.63) is 12.3 Å². The Hall–Kier alpha value is 0.0800. The number of nitrogens with zero attached hydrogens (tertiary/aromatic N) is 2. The van der Waals surface area contributed by atoms with E-state index in [-0.39, 0.29) is 0 Å². The molecule has 0 radical (unpaired) electrons. The minimum absolute atomic E-state index is 0.583. The smallest absolute Gasteiger partial charge is 0.100 e. The first kappa shape index (κ1) is 6.20. The number of hydrogen-bond donors (Lipinski definition) is 0. The molecule has 1 aliphatic rings. The third-order valence-electron chi connectivity index (χ3n) is 0.859. The highest BCUT2D eigenvalue weighted by molar-refractivity contribution is 6.16. The van der Waals surface area contributed by atoms with Crippen LogP contribution in [0.25, 0.3) is 0 Å². The molecule has 0 aromatic rings. The molecule has 0 aromatic carbocycles. The van der Waals surface area contributed by atoms with Crippen molar-refractivity contribution < 1.29 is 0 Å². The molecule has 46 valence electrons. The van der Waals surface area contributed by atoms with Gasteiger partial charge in [-0.1, -0.05) is 6.08 Å². The van der Waals surface area contributed by atoms with Crippen LogP contribution in [0, 0.1) is 0 Å². The van der Waals surface area contributed by atoms with E-state index >= 15 is 0 Å². The van der Waals surface area contributed by atoms with Crippen molar-refractivity contribution in [1.82, 2.24) is 8.84 Å². The van der Waals surface area contributed by atoms with Crippen LogP contribution in [-0.2, 0) is 0 Å². The van der Waals surface area contributed by atoms with Crippen molar-refractivity contribution in [2.45, 2.75) is 0 Å². The lowest BCUT2D eigenvalue weighted by Crippen LogP contribution is -2.26. The summed E-state index contributed by atoms with van der Waals surface area (Å²) in [4.78, 5) is 0. The Morgan fingerprint density at radius 1 is 1.38 bits per heavy atom. The van der Waals surface area contributed by atoms with Gasteiger partial charge in [0.25, 0.3) is 0 Å². The molecule has 0 saturated heterocycles. The van der Waals surface area contributed by atoms with Gasteiger partial charge in [-0.05, 0) is 11.8 Å². The van der Waals surface area contributed by atoms with Crippen LogP contribution >= 0.6 is 23.6 Å². The van der Waals surface area contributed by atoms with Crippen LogP contribution in [0.4, 0.5) is 0 Å². The van der Waals surface area contributed by atoms with Crippen molar-refractivity contribution in [1.29, 1.82) is 0 Å². The molecule has 2 nitrogen and oxygen atoms in total. The molecule has 0 amide bonds. The fourth-order valence-corrected chi connectivity index (χ4v) is 0.986. The number of halogens is 2. The van der Waals surface area contributed by atoms with Gasteiger partial charge in [0.05, 0.1) is 0 Å². The molecule has 1 rings (SSSR count). The van der Waals surface area contributed by atoms with Crippen molar-refractivity contribution in [3.8, 4) is 0 Å². The lowest BCUT2D eigenvalue weighted by Gasteiger charge is -2.20. The summed E-state index contributed by atoms with van der Waals surface area (Å²) in [6.45, 7) is 1.35. The normalized spacial score (nSPS) is 22.0. The highest BCUT2D eigenvalue weighted by Gasteiger charge is 2.05. The fraction of sp³-hybridized carbons (Fsp3) is 0.500. The van der Waals surface area contributed by atoms with Gasteiger partial charge in [0.1, 0.15) is 6.67 Å². The Balaban J connectivity index is 2.42. The van der Waals surface area contributed by atoms with E-state index in [0.717, 1.165) is 6.54 Å². The van der Waals surface area contributed by atoms with E-state index in [9.17, 15) is 0 Å². The van der Waals surface area contributed by atoms with Gasteiger partial charge in [-0.25, -0.2) is 0 Å². The minimum Gasteiger partial charge on any atom is -0.277 e. The summed E-state index contributed by atoms with van der Waals surface area (Å²) in [6, 6.07) is 0. The lowest BCUT2D eigenvalue weighted by molar-refractivity contribution is 0.366. The van der Waals surface area contributed by atoms with Crippen molar-refractivity contribution in [2.75, 3.05) is 13.2 Å². The number of rotatable bonds is 0. The molecule has 4 heteroatoms. The summed E-state index contributed by atoms with van der Waals surface area (Å²) in [7, 11) is 0. The first-order chi connectivity index (χ1) is 3.79. The molecule has 0 saturated carbocycles. The van der Waals surface area contributed by atoms with Crippen molar-refractivity contribution in [3.63, 3.8) is 0 Å². The summed E-state index contributed by atoms with van der Waals surface area (Å²) in [5.74, 6) is 0. The van der Waals surface area contributed by atoms with E-state index in [1.54, 1.807) is 10.6 Å². The molecule has 1 aliphatic heterocycles. The molecule has 0 atom stereocenters. The monoisotopic (exact) mass is 152 g/mol. The van der Waals surface area contributed by atoms with Gasteiger partial charge in [0.15, 0.2) is 0 Å². The fourth-order valence-electron chi connectivity index (χ4n) is 0.527. The maximum atomic E-state index is 5.57. The lowest BCUT2D eigenvalue weighted by atomic mass is 10.5. The zero-order chi connectivity index (χ0) is 5.98. The summed E-state index contributed by atoms with van der Waals surface area (Å²) in [5, 5.41) is 0. The summed E-state index contributed by atoms with van der Waals surface area (Å²) < 4.78 is 3.09. The molecule has 0 N–H and O–H groups in total. The van der Waals surface area contributed by atoms with Crippen molar-refractivity contribution >= 4 is 23.6 Å². The molecule has 0 unspecified atom stereocenters. The summed E-state index contributed by atoms with van der Waals surface area (Å²) in [5.41, 5.74) is 0. The molecule has 0 spiro atoms. The van der Waals surface area contributed by atoms with Crippen LogP contribution < -0.4 is 0 Å². The molecule has 8 heavy (non-hydrogen) atoms. The predicted octanol–water partition coefficient (Wildman–Crippen LogP) is 1.38. The van der Waals surface area contributed by atoms with Crippen LogP contribution in [0.1, 0.15) is 0 Å². The predicted molar refractivity (Wildman–Crippen MR) is 34.3 cm³/mol. The highest BCUT2D eigenvalue weighted by atomic mass is 35.5. The average Bonchev–Trinajstić information content (AvgIpc) is 1.64. The molecule has 0 aliphatic carbocycles. The first-order valence-corrected chi connectivity index (χ1v) is 2.96. The summed E-state index contributed by atoms with van der Waals surface area (Å²) in [6.07, 6.45) is 3.68. The van der Waals surface area contributed by atoms with Gasteiger partial charge in [0, 0.05) is 24.5 Å². The molecule has 0 fully saturated rings. The van der Waals surface area contributed by atoms with Crippen LogP contribution in [-0.4, -0.2) is 22.1 Å². The van der Waals surface area contributed by atoms with Gasteiger partial charge < -0.3 is 0 Å². The molecule has 0 aromatic heterocycles. The topological polar surface area (TPSA) is 6.48 Å². The zero-order valence-corrected chi connectivity index (χ0v) is 5.73. The van der Waals surface area contributed by atoms with Gasteiger partial charge in [-0.2, -0.15) is 4.42 Å². The second-order valence-electron chi connectivity index (χ2n) is 1.57. The van der Waals surface area contributed by atoms with E-state index in [1.165, 1.54) is 4.42 Å². The SMILES string of the molecule is ClN1C=CCN(Cl)C1. The largest absolute Gasteiger partial charge is 0.277 e. The van der Waals surface area contributed by atoms with E-state index in [0.29, 0.717) is 6.67 Å². The third-order valence-corrected chi connectivity index (χ3v) is 1.32. The second kappa shape index (κ2) is 2.58. The number of hydrogen-bond acceptors (Lipinski definition) is 2. The van der Waals surface area contributed by atoms with Gasteiger partial charge in [-0.3, -0.25) is 4.42 Å². The van der Waals surface area contributed by atoms with Gasteiger partial charge in [-0.15, -0.1) is 0 Å². The van der Waals surface area contributed by atoms with E-state index in [2.05, 4.69) is 0 Å². The Bertz CT molecular complexity index is 104. The Kier molecular flexibility index (Phi) is 2.00. The van der Waals surface area contributed by atoms with E-state index in [4.69, 9.17) is 23.6 Å². The van der Waals surface area contributed by atoms with Crippen LogP contribution in [0.2, 0.25) is 0 Å². The van der Waals surface area contributed by atoms with Crippen LogP contribution in [0.15, 0.2) is 12.3 Å². The zero-order valence-electron chi connectivity index (χ0n) is 4.22. The molecular weight excluding hydrogens is 147 g/mol. The first-order valence-electron chi connectivity index (χ1n) is 2.29. The quantitative estimate of drug-likeness (QED) is 0.485. The standard InChI is InChI=1S/C4H6Cl2N2/c5-7-2-1-3-8(6)4-7/h1-2H,3-4H2. The van der Waals surface area contributed by atoms with Crippen LogP contribution in [0.3, 0.4) is 0 Å². The molecular formula is C4H6Cl2N2. The van der Waals surface area contributed by atoms with Gasteiger partial charge in [0.2, 0.25) is 0 Å². The van der Waals surface area contributed by atoms with E-state index < -0.39 is 0 Å². The summed E-state index contributed by atoms with van der Waals surface area (Å²) >= 11 is 11.1. The highest BCUT2D eigenvalue weighted by Crippen LogP contribution is 2.06. The third kappa shape index (κ3) is 1.54. The molecule has 0 bridgehead atoms. The Labute approximate surface area is 58.5 Å². The van der Waals surface area contributed by atoms with Gasteiger partial charge >= 0.3 is 0 Å². The van der Waals surface area contributed by atoms with Crippen molar-refractivity contribution in [2.24, 2.45) is 0 Å². The Morgan fingerprint density at radius 3 is 2.50 bits per heavy atom. The van der Waals surface area contributed by atoms with E-state index in [1.807, 2.05) is 6.08 Å². The van der Waals surface area contributed by atoms with Crippen LogP contribution in [0.5, 0.6) is 0 Å². The average molecular weight is 153 g/mol. The second-order valence-corrected chi connectivity index (χ2v) is 2.48. The minimum atomic E-state index is 0.583. The maximum Gasteiger partial charge on any atom is 0.100 e.